The summed E-state index contributed by atoms with van der Waals surface area (Å²) in [6.45, 7) is 9.37. The fourth-order valence-electron chi connectivity index (χ4n) is 2.41. The lowest BCUT2D eigenvalue weighted by Gasteiger charge is -2.21. The normalized spacial score (nSPS) is 16.5. The van der Waals surface area contributed by atoms with Crippen LogP contribution in [0.2, 0.25) is 0 Å². The molecule has 0 radical (unpaired) electrons. The van der Waals surface area contributed by atoms with Crippen LogP contribution in [0.5, 0.6) is 0 Å². The van der Waals surface area contributed by atoms with Gasteiger partial charge in [0.1, 0.15) is 4.99 Å². The van der Waals surface area contributed by atoms with E-state index in [1.807, 2.05) is 13.8 Å². The van der Waals surface area contributed by atoms with Crippen molar-refractivity contribution < 1.29 is 0 Å². The maximum atomic E-state index is 5.82. The van der Waals surface area contributed by atoms with E-state index in [0.29, 0.717) is 16.3 Å². The van der Waals surface area contributed by atoms with Crippen molar-refractivity contribution in [3.8, 4) is 0 Å². The third-order valence-corrected chi connectivity index (χ3v) is 4.63. The Hall–Kier alpha value is -1.23. The van der Waals surface area contributed by atoms with Gasteiger partial charge in [-0.25, -0.2) is 0 Å². The van der Waals surface area contributed by atoms with E-state index in [0.717, 1.165) is 29.2 Å². The zero-order valence-electron chi connectivity index (χ0n) is 12.1. The fraction of sp³-hybridized carbons (Fsp3) is 0.643. The second-order valence-corrected chi connectivity index (χ2v) is 6.31. The van der Waals surface area contributed by atoms with Gasteiger partial charge in [0.05, 0.1) is 11.3 Å². The van der Waals surface area contributed by atoms with Gasteiger partial charge >= 0.3 is 0 Å². The van der Waals surface area contributed by atoms with E-state index in [-0.39, 0.29) is 0 Å². The molecule has 1 aromatic heterocycles. The molecule has 1 heterocycles. The van der Waals surface area contributed by atoms with E-state index in [2.05, 4.69) is 29.4 Å². The van der Waals surface area contributed by atoms with Gasteiger partial charge in [-0.3, -0.25) is 0 Å². The number of nitrogens with zero attached hydrogens (tertiary/aromatic N) is 2. The predicted molar refractivity (Wildman–Crippen MR) is 82.4 cm³/mol. The summed E-state index contributed by atoms with van der Waals surface area (Å²) in [6, 6.07) is 0. The first-order chi connectivity index (χ1) is 8.87. The molecule has 2 rings (SSSR count). The van der Waals surface area contributed by atoms with Gasteiger partial charge in [0.15, 0.2) is 5.82 Å². The second kappa shape index (κ2) is 5.04. The minimum Gasteiger partial charge on any atom is -0.389 e. The van der Waals surface area contributed by atoms with Crippen LogP contribution < -0.4 is 11.1 Å². The second-order valence-electron chi connectivity index (χ2n) is 5.87. The molecule has 4 nitrogen and oxygen atoms in total. The minimum atomic E-state index is 0.382. The molecule has 5 heteroatoms. The average Bonchev–Trinajstić information content (AvgIpc) is 3.11. The van der Waals surface area contributed by atoms with Crippen LogP contribution in [0.25, 0.3) is 0 Å². The lowest BCUT2D eigenvalue weighted by molar-refractivity contribution is 0.379. The molecule has 0 atom stereocenters. The van der Waals surface area contributed by atoms with E-state index in [4.69, 9.17) is 18.0 Å². The molecule has 0 aromatic carbocycles. The molecule has 0 amide bonds. The van der Waals surface area contributed by atoms with E-state index in [1.54, 1.807) is 0 Å². The summed E-state index contributed by atoms with van der Waals surface area (Å²) >= 11 is 5.14. The highest BCUT2D eigenvalue weighted by Gasteiger charge is 2.45. The standard InChI is InChI=1S/C14H22N4S/c1-8(2)14(5-6-14)7-16-13-11(12(15)19)9(3)10(4)17-18-13/h8H,5-7H2,1-4H3,(H2,15,19)(H,16,18). The van der Waals surface area contributed by atoms with Crippen LogP contribution in [0.1, 0.15) is 43.5 Å². The number of thiocarbonyl (C=S) groups is 1. The number of aromatic nitrogens is 2. The van der Waals surface area contributed by atoms with E-state index < -0.39 is 0 Å². The first-order valence-electron chi connectivity index (χ1n) is 6.75. The van der Waals surface area contributed by atoms with Crippen molar-refractivity contribution in [2.75, 3.05) is 11.9 Å². The highest BCUT2D eigenvalue weighted by molar-refractivity contribution is 7.80. The SMILES string of the molecule is Cc1nnc(NCC2(C(C)C)CC2)c(C(N)=S)c1C. The number of aryl methyl sites for hydroxylation is 1. The number of rotatable bonds is 5. The largest absolute Gasteiger partial charge is 0.389 e. The smallest absolute Gasteiger partial charge is 0.159 e. The Kier molecular flexibility index (Phi) is 3.76. The molecule has 1 aliphatic rings. The van der Waals surface area contributed by atoms with Crippen LogP contribution in [0, 0.1) is 25.2 Å². The molecular weight excluding hydrogens is 256 g/mol. The summed E-state index contributed by atoms with van der Waals surface area (Å²) in [5.41, 5.74) is 8.96. The summed E-state index contributed by atoms with van der Waals surface area (Å²) in [5, 5.41) is 11.8. The van der Waals surface area contributed by atoms with Crippen LogP contribution in [0.3, 0.4) is 0 Å². The molecule has 0 unspecified atom stereocenters. The molecule has 19 heavy (non-hydrogen) atoms. The summed E-state index contributed by atoms with van der Waals surface area (Å²) in [6.07, 6.45) is 2.55. The molecule has 0 aliphatic heterocycles. The Balaban J connectivity index is 2.21. The lowest BCUT2D eigenvalue weighted by Crippen LogP contribution is -2.24. The number of anilines is 1. The predicted octanol–water partition coefficient (Wildman–Crippen LogP) is 2.58. The molecule has 104 valence electrons. The Morgan fingerprint density at radius 1 is 1.37 bits per heavy atom. The monoisotopic (exact) mass is 278 g/mol. The Labute approximate surface area is 120 Å². The van der Waals surface area contributed by atoms with Crippen molar-refractivity contribution in [3.63, 3.8) is 0 Å². The van der Waals surface area contributed by atoms with Gasteiger partial charge in [-0.1, -0.05) is 26.1 Å². The van der Waals surface area contributed by atoms with Gasteiger partial charge in [0, 0.05) is 6.54 Å². The van der Waals surface area contributed by atoms with Crippen LogP contribution in [0.4, 0.5) is 5.82 Å². The Bertz CT molecular complexity index is 506. The lowest BCUT2D eigenvalue weighted by atomic mass is 9.92. The topological polar surface area (TPSA) is 63.8 Å². The van der Waals surface area contributed by atoms with Crippen molar-refractivity contribution in [1.82, 2.24) is 10.2 Å². The fourth-order valence-corrected chi connectivity index (χ4v) is 2.66. The van der Waals surface area contributed by atoms with Crippen LogP contribution in [-0.4, -0.2) is 21.7 Å². The third kappa shape index (κ3) is 2.71. The van der Waals surface area contributed by atoms with Crippen molar-refractivity contribution in [1.29, 1.82) is 0 Å². The number of hydrogen-bond donors (Lipinski definition) is 2. The number of nitrogens with two attached hydrogens (primary N) is 1. The zero-order valence-corrected chi connectivity index (χ0v) is 12.9. The van der Waals surface area contributed by atoms with Gasteiger partial charge in [0.25, 0.3) is 0 Å². The molecule has 0 bridgehead atoms. The highest BCUT2D eigenvalue weighted by Crippen LogP contribution is 2.51. The molecule has 1 aromatic rings. The van der Waals surface area contributed by atoms with Crippen molar-refractivity contribution in [2.24, 2.45) is 17.1 Å². The van der Waals surface area contributed by atoms with Gasteiger partial charge in [0.2, 0.25) is 0 Å². The molecule has 3 N–H and O–H groups in total. The molecule has 1 fully saturated rings. The third-order valence-electron chi connectivity index (χ3n) is 4.43. The van der Waals surface area contributed by atoms with Crippen LogP contribution in [-0.2, 0) is 0 Å². The van der Waals surface area contributed by atoms with Gasteiger partial charge in [-0.2, -0.15) is 5.10 Å². The van der Waals surface area contributed by atoms with Crippen LogP contribution >= 0.6 is 12.2 Å². The maximum Gasteiger partial charge on any atom is 0.159 e. The zero-order chi connectivity index (χ0) is 14.2. The highest BCUT2D eigenvalue weighted by atomic mass is 32.1. The van der Waals surface area contributed by atoms with Gasteiger partial charge < -0.3 is 11.1 Å². The first-order valence-corrected chi connectivity index (χ1v) is 7.16. The van der Waals surface area contributed by atoms with Gasteiger partial charge in [-0.05, 0) is 43.6 Å². The Morgan fingerprint density at radius 2 is 2.00 bits per heavy atom. The average molecular weight is 278 g/mol. The summed E-state index contributed by atoms with van der Waals surface area (Å²) in [5.74, 6) is 1.40. The molecule has 1 aliphatic carbocycles. The summed E-state index contributed by atoms with van der Waals surface area (Å²) < 4.78 is 0. The molecule has 1 saturated carbocycles. The van der Waals surface area contributed by atoms with Gasteiger partial charge in [-0.15, -0.1) is 5.10 Å². The summed E-state index contributed by atoms with van der Waals surface area (Å²) in [7, 11) is 0. The van der Waals surface area contributed by atoms with E-state index >= 15 is 0 Å². The van der Waals surface area contributed by atoms with E-state index in [9.17, 15) is 0 Å². The van der Waals surface area contributed by atoms with Crippen molar-refractivity contribution in [3.05, 3.63) is 16.8 Å². The molecule has 0 saturated heterocycles. The quantitative estimate of drug-likeness (QED) is 0.811. The maximum absolute atomic E-state index is 5.82. The van der Waals surface area contributed by atoms with Crippen molar-refractivity contribution >= 4 is 23.0 Å². The Morgan fingerprint density at radius 3 is 2.47 bits per heavy atom. The van der Waals surface area contributed by atoms with E-state index in [1.165, 1.54) is 12.8 Å². The van der Waals surface area contributed by atoms with Crippen molar-refractivity contribution in [2.45, 2.75) is 40.5 Å². The number of nitrogens with one attached hydrogen (secondary N) is 1. The van der Waals surface area contributed by atoms with Crippen LogP contribution in [0.15, 0.2) is 0 Å². The first kappa shape index (κ1) is 14.2. The molecular formula is C14H22N4S. The number of hydrogen-bond acceptors (Lipinski definition) is 4. The summed E-state index contributed by atoms with van der Waals surface area (Å²) in [4.78, 5) is 0.382. The minimum absolute atomic E-state index is 0.382. The molecule has 0 spiro atoms.